The highest BCUT2D eigenvalue weighted by Gasteiger charge is 2.23. The number of methoxy groups -OCH3 is 1. The van der Waals surface area contributed by atoms with Crippen LogP contribution in [0.25, 0.3) is 10.8 Å². The van der Waals surface area contributed by atoms with E-state index in [4.69, 9.17) is 4.74 Å². The lowest BCUT2D eigenvalue weighted by Crippen LogP contribution is -2.33. The molecule has 4 aromatic rings. The lowest BCUT2D eigenvalue weighted by Gasteiger charge is -2.25. The number of nitrogens with zero attached hydrogens (tertiary/aromatic N) is 4. The maximum Gasteiger partial charge on any atom is 0.356 e. The fourth-order valence-electron chi connectivity index (χ4n) is 4.35. The van der Waals surface area contributed by atoms with Gasteiger partial charge in [0.2, 0.25) is 0 Å². The fraction of sp³-hybridized carbons (Fsp3) is 0.259. The first kappa shape index (κ1) is 24.1. The molecular formula is C27H26N6O4. The molecule has 10 nitrogen and oxygen atoms in total. The van der Waals surface area contributed by atoms with Crippen molar-refractivity contribution in [3.8, 4) is 0 Å². The molecular weight excluding hydrogens is 472 g/mol. The quantitative estimate of drug-likeness (QED) is 0.356. The second-order valence-corrected chi connectivity index (χ2v) is 8.96. The molecule has 0 unspecified atom stereocenters. The monoisotopic (exact) mass is 498 g/mol. The summed E-state index contributed by atoms with van der Waals surface area (Å²) in [5, 5.41) is 15.2. The van der Waals surface area contributed by atoms with Gasteiger partial charge in [0.15, 0.2) is 5.69 Å². The van der Waals surface area contributed by atoms with Crippen molar-refractivity contribution in [2.24, 2.45) is 5.92 Å². The van der Waals surface area contributed by atoms with Gasteiger partial charge in [0.05, 0.1) is 25.5 Å². The van der Waals surface area contributed by atoms with Crippen LogP contribution in [-0.2, 0) is 11.3 Å². The van der Waals surface area contributed by atoms with Gasteiger partial charge in [-0.2, -0.15) is 0 Å². The number of hydrogen-bond acceptors (Lipinski definition) is 7. The molecule has 1 fully saturated rings. The third-order valence-electron chi connectivity index (χ3n) is 6.59. The minimum absolute atomic E-state index is 0.0165. The van der Waals surface area contributed by atoms with Crippen molar-refractivity contribution in [1.82, 2.24) is 25.3 Å². The predicted molar refractivity (Wildman–Crippen MR) is 136 cm³/mol. The second kappa shape index (κ2) is 10.6. The van der Waals surface area contributed by atoms with E-state index in [9.17, 15) is 14.4 Å². The summed E-state index contributed by atoms with van der Waals surface area (Å²) in [4.78, 5) is 42.7. The number of carbonyl (C=O) groups is 3. The number of rotatable bonds is 8. The van der Waals surface area contributed by atoms with Crippen molar-refractivity contribution in [2.45, 2.75) is 25.8 Å². The molecule has 1 aliphatic carbocycles. The van der Waals surface area contributed by atoms with Crippen LogP contribution in [0.3, 0.4) is 0 Å². The number of amides is 2. The Morgan fingerprint density at radius 1 is 1.03 bits per heavy atom. The molecule has 1 aliphatic rings. The Morgan fingerprint density at radius 2 is 1.84 bits per heavy atom. The van der Waals surface area contributed by atoms with Crippen molar-refractivity contribution in [2.75, 3.05) is 19.0 Å². The molecule has 0 radical (unpaired) electrons. The molecule has 2 heterocycles. The standard InChI is InChI=1S/C27H26N6O4/c1-37-27(36)23-12-11-22(24(30-23)26(35)28-15-17-5-4-6-17)31-25(34)21-10-9-18(16-33-14-13-29-32-33)19-7-2-3-8-20(19)21/h2-3,7-14,17H,4-6,15-16H2,1H3,(H,28,35)(H,31,34). The van der Waals surface area contributed by atoms with E-state index >= 15 is 0 Å². The number of nitrogens with one attached hydrogen (secondary N) is 2. The van der Waals surface area contributed by atoms with E-state index in [0.29, 0.717) is 24.6 Å². The van der Waals surface area contributed by atoms with Crippen LogP contribution in [0.15, 0.2) is 60.9 Å². The molecule has 2 aromatic heterocycles. The Kier molecular flexibility index (Phi) is 6.89. The van der Waals surface area contributed by atoms with Gasteiger partial charge < -0.3 is 15.4 Å². The second-order valence-electron chi connectivity index (χ2n) is 8.96. The van der Waals surface area contributed by atoms with Crippen LogP contribution < -0.4 is 10.6 Å². The first-order valence-electron chi connectivity index (χ1n) is 12.1. The van der Waals surface area contributed by atoms with Gasteiger partial charge in [0.1, 0.15) is 5.69 Å². The Morgan fingerprint density at radius 3 is 2.54 bits per heavy atom. The molecule has 0 spiro atoms. The molecule has 37 heavy (non-hydrogen) atoms. The van der Waals surface area contributed by atoms with E-state index < -0.39 is 17.8 Å². The van der Waals surface area contributed by atoms with E-state index in [1.807, 2.05) is 30.3 Å². The summed E-state index contributed by atoms with van der Waals surface area (Å²) in [6.45, 7) is 1.03. The number of carbonyl (C=O) groups excluding carboxylic acids is 3. The highest BCUT2D eigenvalue weighted by molar-refractivity contribution is 6.15. The molecule has 0 aliphatic heterocycles. The van der Waals surface area contributed by atoms with Crippen LogP contribution >= 0.6 is 0 Å². The van der Waals surface area contributed by atoms with Gasteiger partial charge in [0, 0.05) is 18.3 Å². The van der Waals surface area contributed by atoms with E-state index in [1.54, 1.807) is 23.1 Å². The van der Waals surface area contributed by atoms with Gasteiger partial charge in [-0.15, -0.1) is 5.10 Å². The Balaban J connectivity index is 1.44. The highest BCUT2D eigenvalue weighted by atomic mass is 16.5. The van der Waals surface area contributed by atoms with Gasteiger partial charge in [-0.25, -0.2) is 14.5 Å². The lowest BCUT2D eigenvalue weighted by atomic mass is 9.85. The number of aromatic nitrogens is 4. The van der Waals surface area contributed by atoms with Crippen LogP contribution in [0, 0.1) is 5.92 Å². The molecule has 10 heteroatoms. The summed E-state index contributed by atoms with van der Waals surface area (Å²) in [6.07, 6.45) is 6.68. The number of ether oxygens (including phenoxy) is 1. The van der Waals surface area contributed by atoms with Crippen LogP contribution in [-0.4, -0.2) is 51.4 Å². The molecule has 2 aromatic carbocycles. The average Bonchev–Trinajstić information content (AvgIpc) is 3.40. The number of benzene rings is 2. The minimum atomic E-state index is -0.667. The summed E-state index contributed by atoms with van der Waals surface area (Å²) in [5.74, 6) is -1.08. The molecule has 0 bridgehead atoms. The molecule has 1 saturated carbocycles. The lowest BCUT2D eigenvalue weighted by molar-refractivity contribution is 0.0594. The number of pyridine rings is 1. The molecule has 2 N–H and O–H groups in total. The molecule has 5 rings (SSSR count). The summed E-state index contributed by atoms with van der Waals surface area (Å²) < 4.78 is 6.47. The van der Waals surface area contributed by atoms with Crippen molar-refractivity contribution in [3.05, 3.63) is 83.4 Å². The number of fused-ring (bicyclic) bond motifs is 1. The van der Waals surface area contributed by atoms with Crippen molar-refractivity contribution in [1.29, 1.82) is 0 Å². The molecule has 0 saturated heterocycles. The number of esters is 1. The normalized spacial score (nSPS) is 13.1. The van der Waals surface area contributed by atoms with E-state index in [0.717, 1.165) is 35.6 Å². The summed E-state index contributed by atoms with van der Waals surface area (Å²) in [5.41, 5.74) is 1.58. The zero-order chi connectivity index (χ0) is 25.8. The van der Waals surface area contributed by atoms with E-state index in [2.05, 4.69) is 25.9 Å². The third-order valence-corrected chi connectivity index (χ3v) is 6.59. The first-order chi connectivity index (χ1) is 18.0. The Labute approximate surface area is 213 Å². The summed E-state index contributed by atoms with van der Waals surface area (Å²) >= 11 is 0. The molecule has 0 atom stereocenters. The van der Waals surface area contributed by atoms with Crippen molar-refractivity contribution >= 4 is 34.2 Å². The van der Waals surface area contributed by atoms with Gasteiger partial charge in [0.25, 0.3) is 11.8 Å². The average molecular weight is 499 g/mol. The summed E-state index contributed by atoms with van der Waals surface area (Å²) in [7, 11) is 1.24. The van der Waals surface area contributed by atoms with Crippen LogP contribution in [0.4, 0.5) is 5.69 Å². The zero-order valence-electron chi connectivity index (χ0n) is 20.3. The largest absolute Gasteiger partial charge is 0.464 e. The third kappa shape index (κ3) is 5.18. The zero-order valence-corrected chi connectivity index (χ0v) is 20.3. The fourth-order valence-corrected chi connectivity index (χ4v) is 4.35. The molecule has 2 amide bonds. The van der Waals surface area contributed by atoms with Crippen LogP contribution in [0.1, 0.15) is 56.2 Å². The van der Waals surface area contributed by atoms with E-state index in [1.165, 1.54) is 19.2 Å². The minimum Gasteiger partial charge on any atom is -0.464 e. The van der Waals surface area contributed by atoms with Crippen molar-refractivity contribution < 1.29 is 19.1 Å². The van der Waals surface area contributed by atoms with E-state index in [-0.39, 0.29) is 17.1 Å². The maximum atomic E-state index is 13.4. The van der Waals surface area contributed by atoms with Gasteiger partial charge >= 0.3 is 5.97 Å². The van der Waals surface area contributed by atoms with Crippen LogP contribution in [0.2, 0.25) is 0 Å². The number of hydrogen-bond donors (Lipinski definition) is 2. The summed E-state index contributed by atoms with van der Waals surface area (Å²) in [6, 6.07) is 14.1. The van der Waals surface area contributed by atoms with Crippen LogP contribution in [0.5, 0.6) is 0 Å². The highest BCUT2D eigenvalue weighted by Crippen LogP contribution is 2.27. The predicted octanol–water partition coefficient (Wildman–Crippen LogP) is 3.44. The maximum absolute atomic E-state index is 13.4. The smallest absolute Gasteiger partial charge is 0.356 e. The van der Waals surface area contributed by atoms with Gasteiger partial charge in [-0.05, 0) is 53.3 Å². The van der Waals surface area contributed by atoms with Gasteiger partial charge in [-0.1, -0.05) is 42.0 Å². The van der Waals surface area contributed by atoms with Gasteiger partial charge in [-0.3, -0.25) is 9.59 Å². The number of anilines is 1. The topological polar surface area (TPSA) is 128 Å². The first-order valence-corrected chi connectivity index (χ1v) is 12.1. The Bertz CT molecular complexity index is 1460. The molecule has 188 valence electrons. The SMILES string of the molecule is COC(=O)c1ccc(NC(=O)c2ccc(Cn3ccnn3)c3ccccc23)c(C(=O)NCC2CCC2)n1. The van der Waals surface area contributed by atoms with Crippen molar-refractivity contribution in [3.63, 3.8) is 0 Å². The Hall–Kier alpha value is -4.60.